The topological polar surface area (TPSA) is 88.2 Å². The molecule has 27 heavy (non-hydrogen) atoms. The van der Waals surface area contributed by atoms with Crippen LogP contribution in [0.1, 0.15) is 33.1 Å². The number of anilines is 1. The Balaban J connectivity index is 1.56. The number of sulfonamides is 1. The second-order valence-corrected chi connectivity index (χ2v) is 10.3. The van der Waals surface area contributed by atoms with E-state index < -0.39 is 15.4 Å². The van der Waals surface area contributed by atoms with Crippen molar-refractivity contribution in [2.75, 3.05) is 11.2 Å². The molecular weight excluding hydrogens is 386 g/mol. The summed E-state index contributed by atoms with van der Waals surface area (Å²) in [5, 5.41) is 1.31. The molecule has 2 fully saturated rings. The molecule has 0 aliphatic heterocycles. The first-order chi connectivity index (χ1) is 12.6. The van der Waals surface area contributed by atoms with Gasteiger partial charge in [0.25, 0.3) is 0 Å². The molecule has 2 aromatic rings. The molecule has 0 spiro atoms. The Bertz CT molecular complexity index is 1040. The number of fused-ring (bicyclic) bond motifs is 3. The smallest absolute Gasteiger partial charge is 0.229 e. The standard InChI is InChI=1S/C19H22ClN3O3S/c1-18(2)12-5-7-19(18,17(24)9-12)11-27(25,26)23-22-15-6-8-21-16-10-13(20)3-4-14(15)16/h3-4,6,8,10,12,23H,5,7,9,11H2,1-2H3,(H,21,22)/t12-,19-/m0/s1. The van der Waals surface area contributed by atoms with Crippen molar-refractivity contribution in [3.63, 3.8) is 0 Å². The molecule has 4 rings (SSSR count). The van der Waals surface area contributed by atoms with Crippen LogP contribution in [0.25, 0.3) is 10.9 Å². The average Bonchev–Trinajstić information content (AvgIpc) is 2.93. The van der Waals surface area contributed by atoms with Gasteiger partial charge in [-0.2, -0.15) is 0 Å². The van der Waals surface area contributed by atoms with Gasteiger partial charge in [0.15, 0.2) is 0 Å². The fraction of sp³-hybridized carbons (Fsp3) is 0.474. The van der Waals surface area contributed by atoms with Crippen molar-refractivity contribution in [3.05, 3.63) is 35.5 Å². The molecule has 0 amide bonds. The zero-order chi connectivity index (χ0) is 19.4. The number of aromatic nitrogens is 1. The lowest BCUT2D eigenvalue weighted by molar-refractivity contribution is -0.128. The van der Waals surface area contributed by atoms with Gasteiger partial charge in [0, 0.05) is 28.4 Å². The van der Waals surface area contributed by atoms with Gasteiger partial charge in [0.05, 0.1) is 17.0 Å². The number of hydrazine groups is 1. The third kappa shape index (κ3) is 2.92. The van der Waals surface area contributed by atoms with Crippen LogP contribution in [0.5, 0.6) is 0 Å². The van der Waals surface area contributed by atoms with Crippen molar-refractivity contribution in [2.45, 2.75) is 33.1 Å². The lowest BCUT2D eigenvalue weighted by Crippen LogP contribution is -2.46. The van der Waals surface area contributed by atoms with Crippen LogP contribution in [0.3, 0.4) is 0 Å². The maximum absolute atomic E-state index is 12.8. The Kier molecular flexibility index (Phi) is 4.25. The molecule has 6 nitrogen and oxygen atoms in total. The zero-order valence-corrected chi connectivity index (χ0v) is 16.8. The summed E-state index contributed by atoms with van der Waals surface area (Å²) >= 11 is 5.99. The van der Waals surface area contributed by atoms with Gasteiger partial charge >= 0.3 is 0 Å². The average molecular weight is 408 g/mol. The van der Waals surface area contributed by atoms with Gasteiger partial charge in [0.1, 0.15) is 5.78 Å². The highest BCUT2D eigenvalue weighted by Crippen LogP contribution is 2.64. The van der Waals surface area contributed by atoms with Gasteiger partial charge in [-0.05, 0) is 48.4 Å². The summed E-state index contributed by atoms with van der Waals surface area (Å²) in [5.74, 6) is 0.171. The van der Waals surface area contributed by atoms with Crippen LogP contribution in [0.15, 0.2) is 30.5 Å². The molecule has 2 saturated carbocycles. The van der Waals surface area contributed by atoms with Crippen molar-refractivity contribution in [3.8, 4) is 0 Å². The summed E-state index contributed by atoms with van der Waals surface area (Å²) in [4.78, 5) is 19.3. The van der Waals surface area contributed by atoms with Crippen LogP contribution in [0.2, 0.25) is 5.02 Å². The molecule has 2 aliphatic rings. The monoisotopic (exact) mass is 407 g/mol. The molecule has 1 heterocycles. The number of Topliss-reactive ketones (excluding diaryl/α,β-unsaturated/α-hetero) is 1. The summed E-state index contributed by atoms with van der Waals surface area (Å²) in [6.45, 7) is 4.05. The van der Waals surface area contributed by atoms with Crippen LogP contribution in [-0.4, -0.2) is 24.9 Å². The van der Waals surface area contributed by atoms with E-state index in [1.807, 2.05) is 13.8 Å². The molecule has 8 heteroatoms. The van der Waals surface area contributed by atoms with Crippen molar-refractivity contribution < 1.29 is 13.2 Å². The minimum Gasteiger partial charge on any atom is -0.307 e. The Morgan fingerprint density at radius 1 is 1.30 bits per heavy atom. The number of pyridine rings is 1. The molecule has 144 valence electrons. The van der Waals surface area contributed by atoms with Crippen LogP contribution in [0.4, 0.5) is 5.69 Å². The van der Waals surface area contributed by atoms with E-state index in [0.717, 1.165) is 11.8 Å². The van der Waals surface area contributed by atoms with E-state index in [2.05, 4.69) is 15.2 Å². The molecular formula is C19H22ClN3O3S. The maximum Gasteiger partial charge on any atom is 0.229 e. The number of hydrogen-bond acceptors (Lipinski definition) is 5. The number of ketones is 1. The highest BCUT2D eigenvalue weighted by molar-refractivity contribution is 7.89. The summed E-state index contributed by atoms with van der Waals surface area (Å²) in [7, 11) is -3.72. The highest BCUT2D eigenvalue weighted by Gasteiger charge is 2.65. The number of carbonyl (C=O) groups is 1. The number of hydrogen-bond donors (Lipinski definition) is 2. The largest absolute Gasteiger partial charge is 0.307 e. The first kappa shape index (κ1) is 18.7. The number of rotatable bonds is 5. The summed E-state index contributed by atoms with van der Waals surface area (Å²) in [6.07, 6.45) is 3.63. The molecule has 2 aliphatic carbocycles. The summed E-state index contributed by atoms with van der Waals surface area (Å²) in [5.41, 5.74) is 2.95. The van der Waals surface area contributed by atoms with Crippen molar-refractivity contribution in [1.82, 2.24) is 9.82 Å². The fourth-order valence-corrected chi connectivity index (χ4v) is 6.66. The van der Waals surface area contributed by atoms with Gasteiger partial charge < -0.3 is 5.43 Å². The SMILES string of the molecule is CC1(C)[C@H]2CC[C@]1(CS(=O)(=O)NNc1ccnc3cc(Cl)ccc13)C(=O)C2. The Labute approximate surface area is 163 Å². The second kappa shape index (κ2) is 6.15. The van der Waals surface area contributed by atoms with Crippen molar-refractivity contribution in [2.24, 2.45) is 16.7 Å². The van der Waals surface area contributed by atoms with Gasteiger partial charge in [-0.15, -0.1) is 4.83 Å². The Hall–Kier alpha value is -1.70. The number of carbonyl (C=O) groups excluding carboxylic acids is 1. The van der Waals surface area contributed by atoms with Gasteiger partial charge in [0.2, 0.25) is 10.0 Å². The molecule has 1 aromatic carbocycles. The molecule has 2 N–H and O–H groups in total. The lowest BCUT2D eigenvalue weighted by atomic mass is 9.70. The Morgan fingerprint density at radius 2 is 2.07 bits per heavy atom. The molecule has 0 saturated heterocycles. The maximum atomic E-state index is 12.8. The quantitative estimate of drug-likeness (QED) is 0.740. The second-order valence-electron chi connectivity index (χ2n) is 8.17. The van der Waals surface area contributed by atoms with Crippen LogP contribution in [0, 0.1) is 16.7 Å². The van der Waals surface area contributed by atoms with E-state index in [1.165, 1.54) is 0 Å². The van der Waals surface area contributed by atoms with Crippen LogP contribution >= 0.6 is 11.6 Å². The van der Waals surface area contributed by atoms with Crippen LogP contribution < -0.4 is 10.3 Å². The van der Waals surface area contributed by atoms with E-state index in [9.17, 15) is 13.2 Å². The molecule has 0 radical (unpaired) electrons. The van der Waals surface area contributed by atoms with E-state index in [0.29, 0.717) is 29.1 Å². The van der Waals surface area contributed by atoms with Crippen molar-refractivity contribution in [1.29, 1.82) is 0 Å². The normalized spacial score (nSPS) is 26.6. The first-order valence-corrected chi connectivity index (χ1v) is 11.0. The first-order valence-electron chi connectivity index (χ1n) is 8.98. The van der Waals surface area contributed by atoms with E-state index in [-0.39, 0.29) is 22.9 Å². The number of nitrogens with one attached hydrogen (secondary N) is 2. The molecule has 0 unspecified atom stereocenters. The van der Waals surface area contributed by atoms with E-state index in [4.69, 9.17) is 11.6 Å². The minimum atomic E-state index is -3.72. The lowest BCUT2D eigenvalue weighted by Gasteiger charge is -2.36. The summed E-state index contributed by atoms with van der Waals surface area (Å²) in [6, 6.07) is 6.91. The van der Waals surface area contributed by atoms with E-state index in [1.54, 1.807) is 30.5 Å². The van der Waals surface area contributed by atoms with Crippen LogP contribution in [-0.2, 0) is 14.8 Å². The summed E-state index contributed by atoms with van der Waals surface area (Å²) < 4.78 is 25.6. The third-order valence-electron chi connectivity index (χ3n) is 6.62. The molecule has 1 aromatic heterocycles. The minimum absolute atomic E-state index is 0.0816. The van der Waals surface area contributed by atoms with E-state index >= 15 is 0 Å². The predicted molar refractivity (Wildman–Crippen MR) is 106 cm³/mol. The zero-order valence-electron chi connectivity index (χ0n) is 15.3. The molecule has 2 bridgehead atoms. The van der Waals surface area contributed by atoms with Gasteiger partial charge in [-0.25, -0.2) is 8.42 Å². The number of nitrogens with zero attached hydrogens (tertiary/aromatic N) is 1. The fourth-order valence-electron chi connectivity index (χ4n) is 4.83. The van der Waals surface area contributed by atoms with Crippen molar-refractivity contribution >= 4 is 44.0 Å². The number of halogens is 1. The Morgan fingerprint density at radius 3 is 2.74 bits per heavy atom. The third-order valence-corrected chi connectivity index (χ3v) is 8.14. The van der Waals surface area contributed by atoms with Gasteiger partial charge in [-0.1, -0.05) is 25.4 Å². The highest BCUT2D eigenvalue weighted by atomic mass is 35.5. The predicted octanol–water partition coefficient (Wildman–Crippen LogP) is 3.53. The number of benzene rings is 1. The van der Waals surface area contributed by atoms with Gasteiger partial charge in [-0.3, -0.25) is 9.78 Å². The molecule has 2 atom stereocenters.